The molecule has 3 aromatic rings. The number of allylic oxidation sites excluding steroid dienone is 1. The molecule has 0 radical (unpaired) electrons. The monoisotopic (exact) mass is 405 g/mol. The highest BCUT2D eigenvalue weighted by molar-refractivity contribution is 6.00. The van der Waals surface area contributed by atoms with Crippen molar-refractivity contribution < 1.29 is 8.91 Å². The van der Waals surface area contributed by atoms with Gasteiger partial charge in [0.15, 0.2) is 0 Å². The van der Waals surface area contributed by atoms with Crippen molar-refractivity contribution in [1.29, 1.82) is 0 Å². The number of carbonyl (C=O) groups is 1. The Labute approximate surface area is 177 Å². The Morgan fingerprint density at radius 3 is 2.77 bits per heavy atom. The predicted octanol–water partition coefficient (Wildman–Crippen LogP) is 2.60. The normalized spacial score (nSPS) is 14.1. The molecule has 0 saturated heterocycles. The van der Waals surface area contributed by atoms with Crippen molar-refractivity contribution in [3.63, 3.8) is 0 Å². The summed E-state index contributed by atoms with van der Waals surface area (Å²) in [5.74, 6) is -0.586. The van der Waals surface area contributed by atoms with E-state index in [4.69, 9.17) is 4.11 Å². The zero-order chi connectivity index (χ0) is 23.8. The van der Waals surface area contributed by atoms with Crippen LogP contribution >= 0.6 is 0 Å². The number of anilines is 3. The molecule has 1 aliphatic rings. The van der Waals surface area contributed by atoms with E-state index in [1.165, 1.54) is 10.8 Å². The topological polar surface area (TPSA) is 101 Å². The molecule has 2 heterocycles. The minimum Gasteiger partial charge on any atom is -0.355 e. The van der Waals surface area contributed by atoms with Crippen LogP contribution in [-0.4, -0.2) is 27.4 Å². The van der Waals surface area contributed by atoms with Crippen molar-refractivity contribution in [3.8, 4) is 0 Å². The molecule has 1 amide bonds. The van der Waals surface area contributed by atoms with E-state index in [1.807, 2.05) is 48.6 Å². The molecule has 0 fully saturated rings. The highest BCUT2D eigenvalue weighted by Crippen LogP contribution is 2.27. The van der Waals surface area contributed by atoms with Gasteiger partial charge in [-0.3, -0.25) is 9.59 Å². The van der Waals surface area contributed by atoms with Gasteiger partial charge in [0.1, 0.15) is 11.4 Å². The van der Waals surface area contributed by atoms with E-state index in [1.54, 1.807) is 13.2 Å². The van der Waals surface area contributed by atoms with Gasteiger partial charge in [-0.1, -0.05) is 23.8 Å². The lowest BCUT2D eigenvalue weighted by Gasteiger charge is -2.14. The fourth-order valence-electron chi connectivity index (χ4n) is 3.22. The molecule has 0 atom stereocenters. The van der Waals surface area contributed by atoms with Gasteiger partial charge in [-0.25, -0.2) is 4.98 Å². The van der Waals surface area contributed by atoms with Gasteiger partial charge in [0.05, 0.1) is 5.56 Å². The highest BCUT2D eigenvalue weighted by Gasteiger charge is 2.22. The number of nitrogens with zero attached hydrogens (tertiary/aromatic N) is 3. The molecule has 30 heavy (non-hydrogen) atoms. The lowest BCUT2D eigenvalue weighted by Crippen LogP contribution is -2.23. The van der Waals surface area contributed by atoms with Crippen molar-refractivity contribution in [2.45, 2.75) is 13.3 Å². The Hall–Kier alpha value is -3.94. The molecule has 0 unspecified atom stereocenters. The minimum atomic E-state index is -2.68. The number of hydrogen-bond donors (Lipinski definition) is 3. The Bertz CT molecular complexity index is 1310. The van der Waals surface area contributed by atoms with E-state index in [0.29, 0.717) is 17.7 Å². The molecule has 3 N–H and O–H groups in total. The van der Waals surface area contributed by atoms with Crippen LogP contribution in [0.1, 0.15) is 31.2 Å². The molecule has 0 saturated carbocycles. The fraction of sp³-hybridized carbons (Fsp3) is 0.182. The summed E-state index contributed by atoms with van der Waals surface area (Å²) in [7, 11) is 1.65. The van der Waals surface area contributed by atoms with E-state index >= 15 is 0 Å². The number of aryl methyl sites for hydroxylation is 2. The van der Waals surface area contributed by atoms with Gasteiger partial charge in [0.25, 0.3) is 11.5 Å². The maximum Gasteiger partial charge on any atom is 0.259 e. The van der Waals surface area contributed by atoms with Gasteiger partial charge in [0.2, 0.25) is 5.95 Å². The molecule has 0 spiro atoms. The highest BCUT2D eigenvalue weighted by atomic mass is 16.1. The summed E-state index contributed by atoms with van der Waals surface area (Å²) < 4.78 is 23.5. The van der Waals surface area contributed by atoms with Gasteiger partial charge in [-0.05, 0) is 37.1 Å². The first kappa shape index (κ1) is 15.9. The Kier molecular flexibility index (Phi) is 4.15. The van der Waals surface area contributed by atoms with E-state index in [9.17, 15) is 9.59 Å². The van der Waals surface area contributed by atoms with Crippen LogP contribution in [0, 0.1) is 6.92 Å². The number of fused-ring (bicyclic) bond motifs is 1. The first-order valence-corrected chi connectivity index (χ1v) is 9.30. The number of rotatable bonds is 5. The van der Waals surface area contributed by atoms with Gasteiger partial charge in [0, 0.05) is 41.9 Å². The number of aromatic nitrogens is 3. The van der Waals surface area contributed by atoms with Crippen molar-refractivity contribution in [1.82, 2.24) is 19.9 Å². The molecule has 2 aromatic heterocycles. The largest absolute Gasteiger partial charge is 0.355 e. The summed E-state index contributed by atoms with van der Waals surface area (Å²) in [6, 6.07) is 9.43. The zero-order valence-corrected chi connectivity index (χ0v) is 16.5. The smallest absolute Gasteiger partial charge is 0.259 e. The van der Waals surface area contributed by atoms with Gasteiger partial charge in [-0.2, -0.15) is 4.98 Å². The molecule has 1 aliphatic carbocycles. The quantitative estimate of drug-likeness (QED) is 0.603. The molecule has 8 nitrogen and oxygen atoms in total. The van der Waals surface area contributed by atoms with Crippen molar-refractivity contribution in [2.75, 3.05) is 17.6 Å². The zero-order valence-electron chi connectivity index (χ0n) is 19.5. The maximum absolute atomic E-state index is 12.7. The summed E-state index contributed by atoms with van der Waals surface area (Å²) in [5, 5.41) is 8.06. The van der Waals surface area contributed by atoms with E-state index in [0.717, 1.165) is 16.8 Å². The number of carbonyl (C=O) groups excluding carboxylic acids is 1. The van der Waals surface area contributed by atoms with Crippen LogP contribution in [-0.2, 0) is 13.5 Å². The van der Waals surface area contributed by atoms with Gasteiger partial charge in [-0.15, -0.1) is 0 Å². The summed E-state index contributed by atoms with van der Waals surface area (Å²) in [4.78, 5) is 33.9. The van der Waals surface area contributed by atoms with Crippen molar-refractivity contribution in [3.05, 3.63) is 81.4 Å². The van der Waals surface area contributed by atoms with Crippen LogP contribution < -0.4 is 21.5 Å². The van der Waals surface area contributed by atoms with E-state index in [2.05, 4.69) is 20.6 Å². The second-order valence-electron chi connectivity index (χ2n) is 6.98. The molecule has 8 heteroatoms. The van der Waals surface area contributed by atoms with Crippen LogP contribution in [0.5, 0.6) is 0 Å². The summed E-state index contributed by atoms with van der Waals surface area (Å²) in [5.41, 5.74) is 3.40. The average Bonchev–Trinajstić information content (AvgIpc) is 3.15. The first-order valence-electron chi connectivity index (χ1n) is 10.8. The molecular weight excluding hydrogens is 380 g/mol. The summed E-state index contributed by atoms with van der Waals surface area (Å²) in [6.07, 6.45) is 5.31. The van der Waals surface area contributed by atoms with Crippen molar-refractivity contribution in [2.24, 2.45) is 7.05 Å². The Morgan fingerprint density at radius 1 is 1.20 bits per heavy atom. The summed E-state index contributed by atoms with van der Waals surface area (Å²) in [6.45, 7) is -0.708. The minimum absolute atomic E-state index is 0.0670. The average molecular weight is 405 g/mol. The molecular formula is C22H22N6O2. The first-order chi connectivity index (χ1) is 15.6. The Morgan fingerprint density at radius 2 is 2.00 bits per heavy atom. The van der Waals surface area contributed by atoms with Crippen molar-refractivity contribution >= 4 is 29.1 Å². The number of pyridine rings is 1. The van der Waals surface area contributed by atoms with Gasteiger partial charge < -0.3 is 20.5 Å². The maximum atomic E-state index is 12.7. The SMILES string of the molecule is [2H]C([2H])([2H])NC(=O)c1cnc(Nc2ccc(C)cc2)nc1NC1=CCc2ccn(C)c(=O)c21. The van der Waals surface area contributed by atoms with Gasteiger partial charge >= 0.3 is 0 Å². The fourth-order valence-corrected chi connectivity index (χ4v) is 3.22. The standard InChI is InChI=1S/C22H22N6O2/c1-13-4-7-15(8-5-13)25-22-24-12-16(20(29)23-2)19(27-22)26-17-9-6-14-10-11-28(3)21(30)18(14)17/h4-5,7-12H,6H2,1-3H3,(H,23,29)(H2,24,25,26,27)/i2D3. The van der Waals surface area contributed by atoms with E-state index in [-0.39, 0.29) is 22.9 Å². The molecule has 0 bridgehead atoms. The Balaban J connectivity index is 1.71. The van der Waals surface area contributed by atoms with Crippen LogP contribution in [0.2, 0.25) is 0 Å². The van der Waals surface area contributed by atoms with Crippen LogP contribution in [0.3, 0.4) is 0 Å². The predicted molar refractivity (Wildman–Crippen MR) is 117 cm³/mol. The number of benzene rings is 1. The van der Waals surface area contributed by atoms with E-state index < -0.39 is 12.9 Å². The number of hydrogen-bond acceptors (Lipinski definition) is 6. The lowest BCUT2D eigenvalue weighted by molar-refractivity contribution is 0.0963. The molecule has 1 aromatic carbocycles. The molecule has 152 valence electrons. The molecule has 0 aliphatic heterocycles. The van der Waals surface area contributed by atoms with Crippen LogP contribution in [0.15, 0.2) is 53.6 Å². The lowest BCUT2D eigenvalue weighted by atomic mass is 10.1. The third-order valence-electron chi connectivity index (χ3n) is 4.86. The number of nitrogens with one attached hydrogen (secondary N) is 3. The van der Waals surface area contributed by atoms with Crippen LogP contribution in [0.25, 0.3) is 5.70 Å². The second-order valence-corrected chi connectivity index (χ2v) is 6.98. The number of amides is 1. The third-order valence-corrected chi connectivity index (χ3v) is 4.86. The van der Waals surface area contributed by atoms with Crippen LogP contribution in [0.4, 0.5) is 17.5 Å². The second kappa shape index (κ2) is 7.82. The third kappa shape index (κ3) is 3.67. The molecule has 4 rings (SSSR count). The summed E-state index contributed by atoms with van der Waals surface area (Å²) >= 11 is 0.